The zero-order valence-electron chi connectivity index (χ0n) is 9.02. The van der Waals surface area contributed by atoms with Crippen molar-refractivity contribution in [1.82, 2.24) is 0 Å². The molecule has 0 aliphatic rings. The first-order chi connectivity index (χ1) is 6.92. The van der Waals surface area contributed by atoms with Crippen LogP contribution in [0.4, 0.5) is 0 Å². The van der Waals surface area contributed by atoms with Crippen LogP contribution in [0.3, 0.4) is 0 Å². The van der Waals surface area contributed by atoms with Gasteiger partial charge in [0.15, 0.2) is 5.78 Å². The Morgan fingerprint density at radius 1 is 1.27 bits per heavy atom. The molecular weight excluding hydrogens is 212 g/mol. The van der Waals surface area contributed by atoms with Crippen LogP contribution in [0.15, 0.2) is 24.3 Å². The van der Waals surface area contributed by atoms with E-state index in [1.165, 1.54) is 17.9 Å². The molecule has 0 heterocycles. The van der Waals surface area contributed by atoms with Crippen LogP contribution in [0.25, 0.3) is 0 Å². The lowest BCUT2D eigenvalue weighted by molar-refractivity contribution is 0.107. The van der Waals surface area contributed by atoms with Crippen LogP contribution in [0.5, 0.6) is 5.75 Å². The lowest BCUT2D eigenvalue weighted by atomic mass is 10.1. The molecule has 3 nitrogen and oxygen atoms in total. The summed E-state index contributed by atoms with van der Waals surface area (Å²) in [5.41, 5.74) is 0.521. The summed E-state index contributed by atoms with van der Waals surface area (Å²) in [5.74, 6) is 0.480. The first-order valence-corrected chi connectivity index (χ1v) is 6.83. The number of Topliss-reactive ketones (excluding diaryl/α,β-unsaturated/α-hetero) is 1. The SMILES string of the molecule is COc1ccc(C(=O)C=S(C)(C)=O)cc1. The fraction of sp³-hybridized carbons (Fsp3) is 0.273. The van der Waals surface area contributed by atoms with E-state index in [4.69, 9.17) is 4.74 Å². The summed E-state index contributed by atoms with van der Waals surface area (Å²) in [4.78, 5) is 11.6. The highest BCUT2D eigenvalue weighted by Crippen LogP contribution is 2.11. The fourth-order valence-corrected chi connectivity index (χ4v) is 1.73. The van der Waals surface area contributed by atoms with Crippen molar-refractivity contribution in [2.24, 2.45) is 0 Å². The summed E-state index contributed by atoms with van der Waals surface area (Å²) in [6, 6.07) is 6.72. The molecule has 0 aliphatic heterocycles. The molecule has 0 fully saturated rings. The van der Waals surface area contributed by atoms with Crippen molar-refractivity contribution in [1.29, 1.82) is 0 Å². The van der Waals surface area contributed by atoms with Crippen molar-refractivity contribution in [3.8, 4) is 5.75 Å². The molecule has 0 unspecified atom stereocenters. The number of carbonyl (C=O) groups is 1. The molecule has 0 aliphatic carbocycles. The maximum absolute atomic E-state index is 11.6. The first kappa shape index (κ1) is 11.8. The average molecular weight is 226 g/mol. The second kappa shape index (κ2) is 4.49. The van der Waals surface area contributed by atoms with E-state index in [1.807, 2.05) is 0 Å². The van der Waals surface area contributed by atoms with Crippen LogP contribution in [-0.2, 0) is 9.52 Å². The number of benzene rings is 1. The van der Waals surface area contributed by atoms with Gasteiger partial charge < -0.3 is 4.74 Å². The average Bonchev–Trinajstić information content (AvgIpc) is 2.15. The van der Waals surface area contributed by atoms with Gasteiger partial charge in [-0.05, 0) is 33.8 Å². The molecule has 0 bridgehead atoms. The minimum Gasteiger partial charge on any atom is -0.497 e. The normalized spacial score (nSPS) is 10.9. The van der Waals surface area contributed by atoms with Gasteiger partial charge in [0.2, 0.25) is 0 Å². The minimum atomic E-state index is -2.14. The Morgan fingerprint density at radius 3 is 2.20 bits per heavy atom. The predicted octanol–water partition coefficient (Wildman–Crippen LogP) is 1.22. The third-order valence-electron chi connectivity index (χ3n) is 1.77. The molecule has 4 heteroatoms. The summed E-state index contributed by atoms with van der Waals surface area (Å²) in [6.07, 6.45) is 3.07. The van der Waals surface area contributed by atoms with Gasteiger partial charge in [-0.15, -0.1) is 0 Å². The van der Waals surface area contributed by atoms with Gasteiger partial charge >= 0.3 is 0 Å². The molecule has 82 valence electrons. The predicted molar refractivity (Wildman–Crippen MR) is 63.4 cm³/mol. The van der Waals surface area contributed by atoms with Crippen molar-refractivity contribution in [2.45, 2.75) is 0 Å². The van der Waals surface area contributed by atoms with Gasteiger partial charge in [-0.2, -0.15) is 0 Å². The Bertz CT molecular complexity index is 457. The quantitative estimate of drug-likeness (QED) is 0.575. The van der Waals surface area contributed by atoms with Crippen molar-refractivity contribution in [2.75, 3.05) is 19.6 Å². The van der Waals surface area contributed by atoms with Crippen LogP contribution in [-0.4, -0.2) is 35.0 Å². The second-order valence-electron chi connectivity index (χ2n) is 3.52. The molecule has 0 saturated carbocycles. The van der Waals surface area contributed by atoms with Gasteiger partial charge in [-0.1, -0.05) is 0 Å². The van der Waals surface area contributed by atoms with Crippen molar-refractivity contribution >= 4 is 20.7 Å². The highest BCUT2D eigenvalue weighted by Gasteiger charge is 2.04. The molecule has 0 amide bonds. The third-order valence-corrected chi connectivity index (χ3v) is 2.55. The maximum atomic E-state index is 11.6. The first-order valence-electron chi connectivity index (χ1n) is 4.40. The van der Waals surface area contributed by atoms with E-state index in [-0.39, 0.29) is 5.78 Å². The monoisotopic (exact) mass is 226 g/mol. The van der Waals surface area contributed by atoms with Crippen LogP contribution in [0.2, 0.25) is 0 Å². The Kier molecular flexibility index (Phi) is 3.52. The number of methoxy groups -OCH3 is 1. The van der Waals surface area contributed by atoms with Gasteiger partial charge in [0.25, 0.3) is 0 Å². The number of rotatable bonds is 3. The number of ketones is 1. The molecule has 1 aromatic carbocycles. The molecule has 1 aromatic rings. The molecular formula is C11H14O3S. The molecule has 1 rings (SSSR count). The van der Waals surface area contributed by atoms with E-state index in [2.05, 4.69) is 0 Å². The largest absolute Gasteiger partial charge is 0.497 e. The van der Waals surface area contributed by atoms with E-state index in [9.17, 15) is 9.00 Å². The van der Waals surface area contributed by atoms with E-state index in [0.717, 1.165) is 0 Å². The number of carbonyl (C=O) groups excluding carboxylic acids is 1. The van der Waals surface area contributed by atoms with Gasteiger partial charge in [0.05, 0.1) is 7.11 Å². The Labute approximate surface area is 90.1 Å². The van der Waals surface area contributed by atoms with Crippen molar-refractivity contribution in [3.05, 3.63) is 29.8 Å². The van der Waals surface area contributed by atoms with Gasteiger partial charge in [-0.25, -0.2) is 0 Å². The second-order valence-corrected chi connectivity index (χ2v) is 6.37. The van der Waals surface area contributed by atoms with E-state index >= 15 is 0 Å². The van der Waals surface area contributed by atoms with E-state index in [0.29, 0.717) is 11.3 Å². The molecule has 0 radical (unpaired) electrons. The highest BCUT2D eigenvalue weighted by molar-refractivity contribution is 8.01. The van der Waals surface area contributed by atoms with Crippen LogP contribution >= 0.6 is 0 Å². The number of hydrogen-bond donors (Lipinski definition) is 0. The molecule has 15 heavy (non-hydrogen) atoms. The molecule has 0 spiro atoms. The number of ether oxygens (including phenoxy) is 1. The minimum absolute atomic E-state index is 0.215. The Hall–Kier alpha value is -1.29. The van der Waals surface area contributed by atoms with Crippen LogP contribution < -0.4 is 4.74 Å². The zero-order valence-corrected chi connectivity index (χ0v) is 9.84. The van der Waals surface area contributed by atoms with Gasteiger partial charge in [-0.3, -0.25) is 9.00 Å². The fourth-order valence-electron chi connectivity index (χ4n) is 1.08. The Balaban J connectivity index is 2.99. The summed E-state index contributed by atoms with van der Waals surface area (Å²) in [5, 5.41) is 1.26. The highest BCUT2D eigenvalue weighted by atomic mass is 32.2. The lowest BCUT2D eigenvalue weighted by Gasteiger charge is -2.00. The summed E-state index contributed by atoms with van der Waals surface area (Å²) in [6.45, 7) is 0. The van der Waals surface area contributed by atoms with E-state index < -0.39 is 9.52 Å². The molecule has 0 saturated heterocycles. The van der Waals surface area contributed by atoms with Crippen LogP contribution in [0.1, 0.15) is 10.4 Å². The number of hydrogen-bond acceptors (Lipinski definition) is 3. The maximum Gasteiger partial charge on any atom is 0.193 e. The lowest BCUT2D eigenvalue weighted by Crippen LogP contribution is -2.08. The molecule has 0 aromatic heterocycles. The van der Waals surface area contributed by atoms with Gasteiger partial charge in [0, 0.05) is 23.4 Å². The van der Waals surface area contributed by atoms with Crippen molar-refractivity contribution in [3.63, 3.8) is 0 Å². The summed E-state index contributed by atoms with van der Waals surface area (Å²) >= 11 is 0. The molecule has 0 N–H and O–H groups in total. The van der Waals surface area contributed by atoms with Crippen LogP contribution in [0, 0.1) is 0 Å². The molecule has 0 atom stereocenters. The smallest absolute Gasteiger partial charge is 0.193 e. The Morgan fingerprint density at radius 2 is 1.80 bits per heavy atom. The van der Waals surface area contributed by atoms with Crippen molar-refractivity contribution < 1.29 is 13.7 Å². The van der Waals surface area contributed by atoms with Gasteiger partial charge in [0.1, 0.15) is 5.75 Å². The topological polar surface area (TPSA) is 43.4 Å². The summed E-state index contributed by atoms with van der Waals surface area (Å²) < 4.78 is 16.4. The third kappa shape index (κ3) is 3.75. The van der Waals surface area contributed by atoms with E-state index in [1.54, 1.807) is 31.4 Å². The summed E-state index contributed by atoms with van der Waals surface area (Å²) in [7, 11) is -0.580. The standard InChI is InChI=1S/C11H14O3S/c1-14-10-6-4-9(5-7-10)11(12)8-15(2,3)13/h4-8H,1-3H3. The zero-order chi connectivity index (χ0) is 11.5.